The Labute approximate surface area is 144 Å². The third-order valence-electron chi connectivity index (χ3n) is 3.99. The molecule has 0 radical (unpaired) electrons. The Morgan fingerprint density at radius 3 is 2.72 bits per heavy atom. The summed E-state index contributed by atoms with van der Waals surface area (Å²) in [6, 6.07) is 13.7. The average Bonchev–Trinajstić information content (AvgIpc) is 3.28. The Hall–Kier alpha value is -3.29. The molecule has 0 saturated heterocycles. The molecule has 126 valence electrons. The third-order valence-corrected chi connectivity index (χ3v) is 3.99. The largest absolute Gasteiger partial charge is 0.368 e. The van der Waals surface area contributed by atoms with E-state index in [1.807, 2.05) is 47.0 Å². The van der Waals surface area contributed by atoms with Gasteiger partial charge in [0, 0.05) is 25.1 Å². The van der Waals surface area contributed by atoms with Crippen molar-refractivity contribution in [2.45, 2.75) is 19.9 Å². The van der Waals surface area contributed by atoms with E-state index in [0.717, 1.165) is 48.2 Å². The third kappa shape index (κ3) is 3.06. The Bertz CT molecular complexity index is 973. The van der Waals surface area contributed by atoms with Gasteiger partial charge in [-0.15, -0.1) is 25.5 Å². The number of rotatable bonds is 6. The first-order valence-corrected chi connectivity index (χ1v) is 8.23. The van der Waals surface area contributed by atoms with Crippen molar-refractivity contribution < 1.29 is 0 Å². The lowest BCUT2D eigenvalue weighted by Gasteiger charge is -2.07. The van der Waals surface area contributed by atoms with Crippen molar-refractivity contribution in [2.24, 2.45) is 0 Å². The molecule has 0 amide bonds. The molecule has 4 aromatic rings. The molecular formula is C17H18N8. The number of nitrogens with one attached hydrogen (secondary N) is 1. The molecule has 0 fully saturated rings. The van der Waals surface area contributed by atoms with Crippen LogP contribution in [0.25, 0.3) is 17.0 Å². The Balaban J connectivity index is 1.53. The van der Waals surface area contributed by atoms with Gasteiger partial charge in [-0.2, -0.15) is 4.52 Å². The van der Waals surface area contributed by atoms with Gasteiger partial charge in [-0.3, -0.25) is 0 Å². The lowest BCUT2D eigenvalue weighted by atomic mass is 10.2. The number of hydrogen-bond donors (Lipinski definition) is 1. The fourth-order valence-corrected chi connectivity index (χ4v) is 2.69. The Morgan fingerprint density at radius 1 is 1.00 bits per heavy atom. The van der Waals surface area contributed by atoms with Gasteiger partial charge in [0.25, 0.3) is 0 Å². The number of fused-ring (bicyclic) bond motifs is 1. The minimum Gasteiger partial charge on any atom is -0.368 e. The molecule has 8 heteroatoms. The molecule has 1 N–H and O–H groups in total. The minimum absolute atomic E-state index is 0.718. The van der Waals surface area contributed by atoms with Crippen LogP contribution in [0.5, 0.6) is 0 Å². The summed E-state index contributed by atoms with van der Waals surface area (Å²) in [5.41, 5.74) is 1.70. The van der Waals surface area contributed by atoms with E-state index in [9.17, 15) is 0 Å². The highest BCUT2D eigenvalue weighted by Crippen LogP contribution is 2.17. The van der Waals surface area contributed by atoms with Gasteiger partial charge in [-0.25, -0.2) is 0 Å². The number of aryl methyl sites for hydroxylation is 1. The van der Waals surface area contributed by atoms with Crippen molar-refractivity contribution in [1.29, 1.82) is 0 Å². The van der Waals surface area contributed by atoms with E-state index in [1.54, 1.807) is 10.8 Å². The van der Waals surface area contributed by atoms with Gasteiger partial charge in [-0.05, 0) is 19.1 Å². The van der Waals surface area contributed by atoms with Crippen molar-refractivity contribution in [1.82, 2.24) is 34.6 Å². The highest BCUT2D eigenvalue weighted by atomic mass is 15.4. The summed E-state index contributed by atoms with van der Waals surface area (Å²) in [6.07, 6.45) is 2.53. The van der Waals surface area contributed by atoms with E-state index < -0.39 is 0 Å². The second-order valence-electron chi connectivity index (χ2n) is 5.59. The van der Waals surface area contributed by atoms with Crippen LogP contribution in [0, 0.1) is 0 Å². The van der Waals surface area contributed by atoms with Crippen LogP contribution in [-0.4, -0.2) is 41.1 Å². The lowest BCUT2D eigenvalue weighted by Crippen LogP contribution is -2.11. The van der Waals surface area contributed by atoms with Crippen LogP contribution in [0.1, 0.15) is 12.7 Å². The fraction of sp³-hybridized carbons (Fsp3) is 0.235. The number of hydrogen-bond acceptors (Lipinski definition) is 6. The molecule has 0 bridgehead atoms. The minimum atomic E-state index is 0.718. The fourth-order valence-electron chi connectivity index (χ4n) is 2.69. The standard InChI is InChI=1S/C17H18N8/c1-2-24-12-19-20-15(24)10-11-18-14-8-9-16-21-22-17(25(16)23-14)13-6-4-3-5-7-13/h3-9,12H,2,10-11H2,1H3,(H,18,23). The van der Waals surface area contributed by atoms with E-state index in [0.29, 0.717) is 0 Å². The second kappa shape index (κ2) is 6.68. The molecule has 0 unspecified atom stereocenters. The molecule has 4 rings (SSSR count). The van der Waals surface area contributed by atoms with Crippen LogP contribution >= 0.6 is 0 Å². The van der Waals surface area contributed by atoms with Gasteiger partial charge >= 0.3 is 0 Å². The summed E-state index contributed by atoms with van der Waals surface area (Å²) in [4.78, 5) is 0. The zero-order valence-electron chi connectivity index (χ0n) is 13.9. The van der Waals surface area contributed by atoms with Crippen LogP contribution < -0.4 is 5.32 Å². The van der Waals surface area contributed by atoms with Gasteiger partial charge < -0.3 is 9.88 Å². The van der Waals surface area contributed by atoms with E-state index in [1.165, 1.54) is 0 Å². The maximum atomic E-state index is 4.61. The molecule has 8 nitrogen and oxygen atoms in total. The van der Waals surface area contributed by atoms with Crippen molar-refractivity contribution in [3.63, 3.8) is 0 Å². The van der Waals surface area contributed by atoms with Crippen LogP contribution in [-0.2, 0) is 13.0 Å². The SMILES string of the molecule is CCn1cnnc1CCNc1ccc2nnc(-c3ccccc3)n2n1. The normalized spacial score (nSPS) is 11.1. The molecule has 0 atom stereocenters. The van der Waals surface area contributed by atoms with Gasteiger partial charge in [-0.1, -0.05) is 30.3 Å². The summed E-state index contributed by atoms with van der Waals surface area (Å²) in [6.45, 7) is 3.67. The van der Waals surface area contributed by atoms with E-state index in [2.05, 4.69) is 37.7 Å². The Kier molecular flexibility index (Phi) is 4.07. The topological polar surface area (TPSA) is 85.8 Å². The highest BCUT2D eigenvalue weighted by Gasteiger charge is 2.09. The maximum Gasteiger partial charge on any atom is 0.185 e. The predicted octanol–water partition coefficient (Wildman–Crippen LogP) is 2.06. The summed E-state index contributed by atoms with van der Waals surface area (Å²) in [7, 11) is 0. The van der Waals surface area contributed by atoms with Crippen molar-refractivity contribution in [3.8, 4) is 11.4 Å². The molecule has 1 aromatic carbocycles. The number of anilines is 1. The summed E-state index contributed by atoms with van der Waals surface area (Å²) >= 11 is 0. The van der Waals surface area contributed by atoms with Gasteiger partial charge in [0.05, 0.1) is 0 Å². The summed E-state index contributed by atoms with van der Waals surface area (Å²) in [5.74, 6) is 2.46. The van der Waals surface area contributed by atoms with Gasteiger partial charge in [0.1, 0.15) is 18.0 Å². The van der Waals surface area contributed by atoms with Crippen molar-refractivity contribution >= 4 is 11.5 Å². The zero-order chi connectivity index (χ0) is 17.1. The van der Waals surface area contributed by atoms with Crippen LogP contribution in [0.4, 0.5) is 5.82 Å². The monoisotopic (exact) mass is 334 g/mol. The number of nitrogens with zero attached hydrogens (tertiary/aromatic N) is 7. The number of aromatic nitrogens is 7. The predicted molar refractivity (Wildman–Crippen MR) is 94.1 cm³/mol. The molecule has 0 aliphatic carbocycles. The zero-order valence-corrected chi connectivity index (χ0v) is 13.9. The lowest BCUT2D eigenvalue weighted by molar-refractivity contribution is 0.697. The quantitative estimate of drug-likeness (QED) is 0.581. The van der Waals surface area contributed by atoms with Crippen molar-refractivity contribution in [3.05, 3.63) is 54.6 Å². The summed E-state index contributed by atoms with van der Waals surface area (Å²) in [5, 5.41) is 24.5. The van der Waals surface area contributed by atoms with Crippen molar-refractivity contribution in [2.75, 3.05) is 11.9 Å². The van der Waals surface area contributed by atoms with Crippen LogP contribution in [0.15, 0.2) is 48.8 Å². The maximum absolute atomic E-state index is 4.61. The van der Waals surface area contributed by atoms with Gasteiger partial charge in [0.15, 0.2) is 11.5 Å². The number of benzene rings is 1. The molecule has 3 heterocycles. The molecule has 0 aliphatic heterocycles. The molecule has 0 saturated carbocycles. The molecule has 3 aromatic heterocycles. The van der Waals surface area contributed by atoms with Crippen LogP contribution in [0.2, 0.25) is 0 Å². The smallest absolute Gasteiger partial charge is 0.185 e. The van der Waals surface area contributed by atoms with E-state index >= 15 is 0 Å². The summed E-state index contributed by atoms with van der Waals surface area (Å²) < 4.78 is 3.79. The van der Waals surface area contributed by atoms with Crippen LogP contribution in [0.3, 0.4) is 0 Å². The highest BCUT2D eigenvalue weighted by molar-refractivity contribution is 5.59. The van der Waals surface area contributed by atoms with E-state index in [4.69, 9.17) is 0 Å². The first kappa shape index (κ1) is 15.3. The molecule has 0 spiro atoms. The van der Waals surface area contributed by atoms with Gasteiger partial charge in [0.2, 0.25) is 0 Å². The molecule has 0 aliphatic rings. The second-order valence-corrected chi connectivity index (χ2v) is 5.59. The van der Waals surface area contributed by atoms with E-state index in [-0.39, 0.29) is 0 Å². The molecule has 25 heavy (non-hydrogen) atoms. The first-order valence-electron chi connectivity index (χ1n) is 8.23. The molecular weight excluding hydrogens is 316 g/mol. The Morgan fingerprint density at radius 2 is 1.88 bits per heavy atom. The first-order chi connectivity index (χ1) is 12.3. The average molecular weight is 334 g/mol.